The lowest BCUT2D eigenvalue weighted by atomic mass is 9.77. The van der Waals surface area contributed by atoms with Crippen molar-refractivity contribution in [3.05, 3.63) is 47.8 Å². The molecular formula is C16H14FNO4. The summed E-state index contributed by atoms with van der Waals surface area (Å²) in [4.78, 5) is 25.6. The van der Waals surface area contributed by atoms with Crippen LogP contribution in [0.15, 0.2) is 36.4 Å². The van der Waals surface area contributed by atoms with Gasteiger partial charge in [0.25, 0.3) is 0 Å². The number of fused-ring (bicyclic) bond motifs is 1. The standard InChI is InChI=1S/C16H14FNO4/c17-10-4-2-1-3-9(10)7-18-8-16-6-5-11(22-16)12(15(20)21)13(16)14(18)19/h1-6,11-13H,7-8H2,(H,20,21). The van der Waals surface area contributed by atoms with Crippen LogP contribution in [-0.4, -0.2) is 40.1 Å². The van der Waals surface area contributed by atoms with Crippen molar-refractivity contribution in [3.63, 3.8) is 0 Å². The van der Waals surface area contributed by atoms with E-state index in [1.807, 2.05) is 0 Å². The quantitative estimate of drug-likeness (QED) is 0.852. The summed E-state index contributed by atoms with van der Waals surface area (Å²) >= 11 is 0. The maximum atomic E-state index is 13.8. The Morgan fingerprint density at radius 2 is 2.23 bits per heavy atom. The predicted molar refractivity (Wildman–Crippen MR) is 73.2 cm³/mol. The third kappa shape index (κ3) is 1.67. The SMILES string of the molecule is O=C(O)C1C2C=CC3(CN(Cc4ccccc4F)C(=O)C13)O2. The average molecular weight is 303 g/mol. The van der Waals surface area contributed by atoms with Gasteiger partial charge in [-0.15, -0.1) is 0 Å². The summed E-state index contributed by atoms with van der Waals surface area (Å²) in [6.45, 7) is 0.388. The normalized spacial score (nSPS) is 35.2. The van der Waals surface area contributed by atoms with E-state index < -0.39 is 29.5 Å². The van der Waals surface area contributed by atoms with Gasteiger partial charge in [0.1, 0.15) is 17.3 Å². The Kier molecular flexibility index (Phi) is 2.69. The van der Waals surface area contributed by atoms with Gasteiger partial charge in [-0.2, -0.15) is 0 Å². The van der Waals surface area contributed by atoms with Crippen molar-refractivity contribution < 1.29 is 23.8 Å². The second-order valence-corrected chi connectivity index (χ2v) is 6.02. The Morgan fingerprint density at radius 3 is 2.95 bits per heavy atom. The van der Waals surface area contributed by atoms with Gasteiger partial charge in [-0.1, -0.05) is 30.4 Å². The number of nitrogens with zero attached hydrogens (tertiary/aromatic N) is 1. The molecule has 3 heterocycles. The summed E-state index contributed by atoms with van der Waals surface area (Å²) < 4.78 is 19.6. The minimum atomic E-state index is -1.03. The molecule has 3 aliphatic heterocycles. The molecule has 4 unspecified atom stereocenters. The molecule has 0 aromatic heterocycles. The molecule has 2 fully saturated rings. The van der Waals surface area contributed by atoms with Gasteiger partial charge in [-0.25, -0.2) is 4.39 Å². The Morgan fingerprint density at radius 1 is 1.45 bits per heavy atom. The Bertz CT molecular complexity index is 703. The lowest BCUT2D eigenvalue weighted by Crippen LogP contribution is -2.39. The van der Waals surface area contributed by atoms with Gasteiger partial charge in [-0.3, -0.25) is 9.59 Å². The maximum Gasteiger partial charge on any atom is 0.310 e. The van der Waals surface area contributed by atoms with Gasteiger partial charge >= 0.3 is 5.97 Å². The van der Waals surface area contributed by atoms with E-state index in [-0.39, 0.29) is 24.8 Å². The average Bonchev–Trinajstić information content (AvgIpc) is 3.10. The van der Waals surface area contributed by atoms with Crippen LogP contribution in [0.3, 0.4) is 0 Å². The number of hydrogen-bond acceptors (Lipinski definition) is 3. The zero-order chi connectivity index (χ0) is 15.5. The molecule has 0 radical (unpaired) electrons. The van der Waals surface area contributed by atoms with Crippen LogP contribution in [0.5, 0.6) is 0 Å². The van der Waals surface area contributed by atoms with E-state index in [0.29, 0.717) is 5.56 Å². The van der Waals surface area contributed by atoms with E-state index >= 15 is 0 Å². The topological polar surface area (TPSA) is 66.8 Å². The number of ether oxygens (including phenoxy) is 1. The van der Waals surface area contributed by atoms with Crippen molar-refractivity contribution in [1.29, 1.82) is 0 Å². The van der Waals surface area contributed by atoms with Crippen LogP contribution in [0.25, 0.3) is 0 Å². The molecule has 6 heteroatoms. The number of carbonyl (C=O) groups excluding carboxylic acids is 1. The number of carbonyl (C=O) groups is 2. The van der Waals surface area contributed by atoms with Crippen LogP contribution in [-0.2, 0) is 20.9 Å². The van der Waals surface area contributed by atoms with Crippen molar-refractivity contribution >= 4 is 11.9 Å². The van der Waals surface area contributed by atoms with Crippen LogP contribution in [0.4, 0.5) is 4.39 Å². The van der Waals surface area contributed by atoms with Crippen LogP contribution < -0.4 is 0 Å². The molecular weight excluding hydrogens is 289 g/mol. The molecule has 3 aliphatic rings. The number of carboxylic acids is 1. The number of rotatable bonds is 3. The number of likely N-dealkylation sites (tertiary alicyclic amines) is 1. The van der Waals surface area contributed by atoms with E-state index in [0.717, 1.165) is 0 Å². The van der Waals surface area contributed by atoms with Gasteiger partial charge in [0.05, 0.1) is 18.6 Å². The second-order valence-electron chi connectivity index (χ2n) is 6.02. The van der Waals surface area contributed by atoms with Crippen molar-refractivity contribution in [2.45, 2.75) is 18.2 Å². The molecule has 114 valence electrons. The largest absolute Gasteiger partial charge is 0.481 e. The first-order valence-electron chi connectivity index (χ1n) is 7.14. The zero-order valence-corrected chi connectivity index (χ0v) is 11.6. The summed E-state index contributed by atoms with van der Waals surface area (Å²) in [5.41, 5.74) is -0.451. The maximum absolute atomic E-state index is 13.8. The molecule has 0 aliphatic carbocycles. The van der Waals surface area contributed by atoms with Crippen LogP contribution >= 0.6 is 0 Å². The van der Waals surface area contributed by atoms with Gasteiger partial charge in [0.2, 0.25) is 5.91 Å². The fourth-order valence-corrected chi connectivity index (χ4v) is 3.83. The summed E-state index contributed by atoms with van der Waals surface area (Å²) in [6, 6.07) is 6.26. The molecule has 22 heavy (non-hydrogen) atoms. The number of halogens is 1. The van der Waals surface area contributed by atoms with Crippen molar-refractivity contribution in [1.82, 2.24) is 4.90 Å². The highest BCUT2D eigenvalue weighted by atomic mass is 19.1. The fraction of sp³-hybridized carbons (Fsp3) is 0.375. The Balaban J connectivity index is 1.64. The molecule has 1 aromatic carbocycles. The summed E-state index contributed by atoms with van der Waals surface area (Å²) in [6.07, 6.45) is 2.97. The number of carboxylic acid groups (broad SMARTS) is 1. The minimum Gasteiger partial charge on any atom is -0.481 e. The van der Waals surface area contributed by atoms with E-state index in [9.17, 15) is 19.1 Å². The predicted octanol–water partition coefficient (Wildman–Crippen LogP) is 1.19. The van der Waals surface area contributed by atoms with Crippen molar-refractivity contribution in [2.75, 3.05) is 6.54 Å². The molecule has 1 N–H and O–H groups in total. The molecule has 2 bridgehead atoms. The minimum absolute atomic E-state index is 0.123. The van der Waals surface area contributed by atoms with Crippen molar-refractivity contribution in [3.8, 4) is 0 Å². The lowest BCUT2D eigenvalue weighted by molar-refractivity contribution is -0.148. The summed E-state index contributed by atoms with van der Waals surface area (Å²) in [5, 5.41) is 9.37. The summed E-state index contributed by atoms with van der Waals surface area (Å²) in [5.74, 6) is -3.25. The third-order valence-corrected chi connectivity index (χ3v) is 4.78. The monoisotopic (exact) mass is 303 g/mol. The van der Waals surface area contributed by atoms with Crippen molar-refractivity contribution in [2.24, 2.45) is 11.8 Å². The Labute approximate surface area is 126 Å². The van der Waals surface area contributed by atoms with E-state index in [1.165, 1.54) is 11.0 Å². The fourth-order valence-electron chi connectivity index (χ4n) is 3.83. The first-order chi connectivity index (χ1) is 10.5. The molecule has 1 amide bonds. The second kappa shape index (κ2) is 4.39. The lowest BCUT2D eigenvalue weighted by Gasteiger charge is -2.21. The van der Waals surface area contributed by atoms with Crippen LogP contribution in [0.2, 0.25) is 0 Å². The molecule has 0 saturated carbocycles. The highest BCUT2D eigenvalue weighted by Gasteiger charge is 2.66. The zero-order valence-electron chi connectivity index (χ0n) is 11.6. The van der Waals surface area contributed by atoms with Gasteiger partial charge in [0, 0.05) is 12.1 Å². The van der Waals surface area contributed by atoms with E-state index in [1.54, 1.807) is 30.4 Å². The van der Waals surface area contributed by atoms with Crippen LogP contribution in [0.1, 0.15) is 5.56 Å². The number of aliphatic carboxylic acids is 1. The van der Waals surface area contributed by atoms with E-state index in [2.05, 4.69) is 0 Å². The first kappa shape index (κ1) is 13.5. The molecule has 1 aromatic rings. The third-order valence-electron chi connectivity index (χ3n) is 4.78. The molecule has 2 saturated heterocycles. The van der Waals surface area contributed by atoms with Gasteiger partial charge in [-0.05, 0) is 6.07 Å². The van der Waals surface area contributed by atoms with Gasteiger partial charge in [0.15, 0.2) is 0 Å². The summed E-state index contributed by atoms with van der Waals surface area (Å²) in [7, 11) is 0. The van der Waals surface area contributed by atoms with Gasteiger partial charge < -0.3 is 14.7 Å². The molecule has 1 spiro atoms. The van der Waals surface area contributed by atoms with E-state index in [4.69, 9.17) is 4.74 Å². The number of hydrogen-bond donors (Lipinski definition) is 1. The number of amides is 1. The molecule has 4 rings (SSSR count). The Hall–Kier alpha value is -2.21. The first-order valence-corrected chi connectivity index (χ1v) is 7.14. The number of benzene rings is 1. The molecule has 4 atom stereocenters. The smallest absolute Gasteiger partial charge is 0.310 e. The highest BCUT2D eigenvalue weighted by molar-refractivity contribution is 5.90. The molecule has 5 nitrogen and oxygen atoms in total. The van der Waals surface area contributed by atoms with Crippen LogP contribution in [0, 0.1) is 17.7 Å². The highest BCUT2D eigenvalue weighted by Crippen LogP contribution is 2.52.